The molecule has 9 heteroatoms. The maximum Gasteiger partial charge on any atom is 0.501 e. The molecule has 0 aliphatic rings. The second-order valence-corrected chi connectivity index (χ2v) is 9.86. The van der Waals surface area contributed by atoms with Crippen molar-refractivity contribution in [2.45, 2.75) is 29.9 Å². The zero-order chi connectivity index (χ0) is 24.5. The normalized spacial score (nSPS) is 13.6. The van der Waals surface area contributed by atoms with Gasteiger partial charge >= 0.3 is 5.51 Å². The van der Waals surface area contributed by atoms with E-state index in [4.69, 9.17) is 0 Å². The number of aromatic amines is 1. The topological polar surface area (TPSA) is 83.0 Å². The maximum absolute atomic E-state index is 12.7. The molecule has 5 nitrogen and oxygen atoms in total. The first-order valence-corrected chi connectivity index (χ1v) is 11.9. The summed E-state index contributed by atoms with van der Waals surface area (Å²) in [5, 5.41) is 9.79. The Morgan fingerprint density at radius 1 is 1.03 bits per heavy atom. The molecule has 0 radical (unpaired) electrons. The van der Waals surface area contributed by atoms with E-state index in [2.05, 4.69) is 9.97 Å². The number of halogens is 3. The molecule has 0 saturated heterocycles. The van der Waals surface area contributed by atoms with Crippen molar-refractivity contribution >= 4 is 33.0 Å². The number of fused-ring (bicyclic) bond motifs is 1. The summed E-state index contributed by atoms with van der Waals surface area (Å²) in [7, 11) is -5.37. The largest absolute Gasteiger partial charge is 0.501 e. The SMILES string of the molecule is CC(O)Cc1ccccc1-c1ccc2[nH]c(/C=C/c3ccc(S(=O)(=O)C(F)(F)F)cc3)nc2c1. The summed E-state index contributed by atoms with van der Waals surface area (Å²) in [6.07, 6.45) is 3.36. The molecule has 1 atom stereocenters. The van der Waals surface area contributed by atoms with Gasteiger partial charge in [-0.25, -0.2) is 13.4 Å². The van der Waals surface area contributed by atoms with Crippen LogP contribution >= 0.6 is 0 Å². The van der Waals surface area contributed by atoms with E-state index in [1.807, 2.05) is 42.5 Å². The third-order valence-corrected chi connectivity index (χ3v) is 6.78. The molecule has 0 saturated carbocycles. The van der Waals surface area contributed by atoms with E-state index in [1.165, 1.54) is 12.1 Å². The number of aliphatic hydroxyl groups excluding tert-OH is 1. The fourth-order valence-electron chi connectivity index (χ4n) is 3.64. The molecule has 0 aliphatic heterocycles. The average molecular weight is 487 g/mol. The summed E-state index contributed by atoms with van der Waals surface area (Å²) < 4.78 is 61.0. The number of imidazole rings is 1. The van der Waals surface area contributed by atoms with E-state index < -0.39 is 26.3 Å². The van der Waals surface area contributed by atoms with Gasteiger partial charge in [-0.3, -0.25) is 0 Å². The van der Waals surface area contributed by atoms with E-state index in [9.17, 15) is 26.7 Å². The molecule has 1 unspecified atom stereocenters. The van der Waals surface area contributed by atoms with E-state index in [0.717, 1.165) is 39.9 Å². The monoisotopic (exact) mass is 486 g/mol. The fraction of sp³-hybridized carbons (Fsp3) is 0.160. The van der Waals surface area contributed by atoms with Gasteiger partial charge in [-0.1, -0.05) is 48.5 Å². The Labute approximate surface area is 194 Å². The molecule has 0 fully saturated rings. The number of H-pyrrole nitrogens is 1. The molecule has 2 N–H and O–H groups in total. The molecule has 1 aromatic heterocycles. The van der Waals surface area contributed by atoms with E-state index >= 15 is 0 Å². The molecule has 4 aromatic rings. The molecule has 0 bridgehead atoms. The van der Waals surface area contributed by atoms with Gasteiger partial charge in [-0.15, -0.1) is 0 Å². The number of rotatable bonds is 6. The zero-order valence-electron chi connectivity index (χ0n) is 18.0. The van der Waals surface area contributed by atoms with Gasteiger partial charge in [-0.05, 0) is 65.9 Å². The fourth-order valence-corrected chi connectivity index (χ4v) is 4.40. The minimum atomic E-state index is -5.37. The highest BCUT2D eigenvalue weighted by atomic mass is 32.2. The Hall–Kier alpha value is -3.43. The Kier molecular flexibility index (Phi) is 6.33. The van der Waals surface area contributed by atoms with Crippen LogP contribution in [0.3, 0.4) is 0 Å². The van der Waals surface area contributed by atoms with Gasteiger partial charge in [0.15, 0.2) is 0 Å². The number of hydrogen-bond donors (Lipinski definition) is 2. The van der Waals surface area contributed by atoms with Crippen molar-refractivity contribution in [1.82, 2.24) is 9.97 Å². The first kappa shape index (κ1) is 23.7. The lowest BCUT2D eigenvalue weighted by molar-refractivity contribution is -0.0436. The van der Waals surface area contributed by atoms with Crippen LogP contribution in [-0.2, 0) is 16.3 Å². The Balaban J connectivity index is 1.58. The first-order chi connectivity index (χ1) is 16.0. The summed E-state index contributed by atoms with van der Waals surface area (Å²) in [5.41, 5.74) is -0.267. The van der Waals surface area contributed by atoms with Crippen LogP contribution in [0, 0.1) is 0 Å². The van der Waals surface area contributed by atoms with Crippen molar-refractivity contribution in [3.63, 3.8) is 0 Å². The molecule has 176 valence electrons. The van der Waals surface area contributed by atoms with E-state index in [1.54, 1.807) is 19.1 Å². The van der Waals surface area contributed by atoms with Gasteiger partial charge in [0.2, 0.25) is 0 Å². The lowest BCUT2D eigenvalue weighted by Crippen LogP contribution is -2.23. The highest BCUT2D eigenvalue weighted by Gasteiger charge is 2.46. The summed E-state index contributed by atoms with van der Waals surface area (Å²) in [6.45, 7) is 1.75. The average Bonchev–Trinajstić information content (AvgIpc) is 3.19. The van der Waals surface area contributed by atoms with Crippen LogP contribution in [0.4, 0.5) is 13.2 Å². The van der Waals surface area contributed by atoms with E-state index in [0.29, 0.717) is 17.8 Å². The van der Waals surface area contributed by atoms with Gasteiger partial charge in [0.1, 0.15) is 5.82 Å². The number of nitrogens with one attached hydrogen (secondary N) is 1. The van der Waals surface area contributed by atoms with Crippen molar-refractivity contribution < 1.29 is 26.7 Å². The van der Waals surface area contributed by atoms with Crippen molar-refractivity contribution in [2.24, 2.45) is 0 Å². The highest BCUT2D eigenvalue weighted by molar-refractivity contribution is 7.92. The molecule has 0 aliphatic carbocycles. The lowest BCUT2D eigenvalue weighted by Gasteiger charge is -2.11. The Morgan fingerprint density at radius 3 is 2.41 bits per heavy atom. The van der Waals surface area contributed by atoms with Crippen LogP contribution in [0.5, 0.6) is 0 Å². The molecular weight excluding hydrogens is 465 g/mol. The quantitative estimate of drug-likeness (QED) is 0.371. The summed E-state index contributed by atoms with van der Waals surface area (Å²) in [4.78, 5) is 6.92. The minimum Gasteiger partial charge on any atom is -0.393 e. The summed E-state index contributed by atoms with van der Waals surface area (Å²) in [6, 6.07) is 18.1. The van der Waals surface area contributed by atoms with Crippen molar-refractivity contribution in [2.75, 3.05) is 0 Å². The smallest absolute Gasteiger partial charge is 0.393 e. The van der Waals surface area contributed by atoms with Crippen molar-refractivity contribution in [1.29, 1.82) is 0 Å². The molecule has 4 rings (SSSR count). The second-order valence-electron chi connectivity index (χ2n) is 7.92. The van der Waals surface area contributed by atoms with Crippen LogP contribution in [0.15, 0.2) is 71.6 Å². The lowest BCUT2D eigenvalue weighted by atomic mass is 9.96. The highest BCUT2D eigenvalue weighted by Crippen LogP contribution is 2.31. The molecule has 34 heavy (non-hydrogen) atoms. The van der Waals surface area contributed by atoms with Crippen LogP contribution < -0.4 is 0 Å². The predicted octanol–water partition coefficient (Wildman–Crippen LogP) is 5.62. The predicted molar refractivity (Wildman–Crippen MR) is 126 cm³/mol. The number of alkyl halides is 3. The number of hydrogen-bond acceptors (Lipinski definition) is 4. The molecule has 0 spiro atoms. The van der Waals surface area contributed by atoms with Gasteiger partial charge in [0.25, 0.3) is 9.84 Å². The van der Waals surface area contributed by atoms with Crippen LogP contribution in [-0.4, -0.2) is 35.1 Å². The molecule has 1 heterocycles. The van der Waals surface area contributed by atoms with Crippen LogP contribution in [0.25, 0.3) is 34.3 Å². The standard InChI is InChI=1S/C25H21F3N2O3S/c1-16(31)14-18-4-2-3-5-21(18)19-9-12-22-23(15-19)30-24(29-22)13-8-17-6-10-20(11-7-17)34(32,33)25(26,27)28/h2-13,15-16,31H,14H2,1H3,(H,29,30)/b13-8+. The summed E-state index contributed by atoms with van der Waals surface area (Å²) >= 11 is 0. The van der Waals surface area contributed by atoms with Crippen molar-refractivity contribution in [3.8, 4) is 11.1 Å². The number of nitrogens with zero attached hydrogens (tertiary/aromatic N) is 1. The minimum absolute atomic E-state index is 0.463. The number of benzene rings is 3. The Bertz CT molecular complexity index is 1460. The third-order valence-electron chi connectivity index (χ3n) is 5.27. The number of sulfone groups is 1. The number of aromatic nitrogens is 2. The first-order valence-electron chi connectivity index (χ1n) is 10.4. The van der Waals surface area contributed by atoms with Crippen LogP contribution in [0.2, 0.25) is 0 Å². The van der Waals surface area contributed by atoms with Gasteiger partial charge in [0, 0.05) is 0 Å². The summed E-state index contributed by atoms with van der Waals surface area (Å²) in [5.74, 6) is 0.538. The van der Waals surface area contributed by atoms with E-state index in [-0.39, 0.29) is 0 Å². The molecular formula is C25H21F3N2O3S. The second kappa shape index (κ2) is 9.08. The van der Waals surface area contributed by atoms with Gasteiger partial charge in [0.05, 0.1) is 22.0 Å². The van der Waals surface area contributed by atoms with Crippen LogP contribution in [0.1, 0.15) is 23.9 Å². The van der Waals surface area contributed by atoms with Gasteiger partial charge < -0.3 is 10.1 Å². The maximum atomic E-state index is 12.7. The zero-order valence-corrected chi connectivity index (χ0v) is 18.9. The third kappa shape index (κ3) is 4.90. The Morgan fingerprint density at radius 2 is 1.74 bits per heavy atom. The van der Waals surface area contributed by atoms with Gasteiger partial charge in [-0.2, -0.15) is 13.2 Å². The van der Waals surface area contributed by atoms with Crippen molar-refractivity contribution in [3.05, 3.63) is 83.7 Å². The molecule has 0 amide bonds. The number of aliphatic hydroxyl groups is 1. The molecule has 3 aromatic carbocycles.